The van der Waals surface area contributed by atoms with Crippen LogP contribution in [0.3, 0.4) is 0 Å². The van der Waals surface area contributed by atoms with E-state index in [1.807, 2.05) is 6.92 Å². The Morgan fingerprint density at radius 3 is 2.48 bits per heavy atom. The SMILES string of the molecule is COc1cnc(CNC(=O)c2c(C)sc3c(Oc4cccc(-c5nc6c(Br)c(C)sc6c(=O)[nH]5)n4)nc(-c4ccccn4)nc23)[nH]c1=O. The summed E-state index contributed by atoms with van der Waals surface area (Å²) < 4.78 is 13.0. The van der Waals surface area contributed by atoms with E-state index in [9.17, 15) is 14.4 Å². The van der Waals surface area contributed by atoms with Crippen molar-refractivity contribution in [3.8, 4) is 40.5 Å². The molecule has 48 heavy (non-hydrogen) atoms. The Morgan fingerprint density at radius 2 is 1.71 bits per heavy atom. The zero-order chi connectivity index (χ0) is 33.5. The Hall–Kier alpha value is -5.39. The molecule has 240 valence electrons. The summed E-state index contributed by atoms with van der Waals surface area (Å²) in [5.41, 5.74) is 1.33. The van der Waals surface area contributed by atoms with Gasteiger partial charge in [-0.05, 0) is 48.0 Å². The normalized spacial score (nSPS) is 11.2. The molecule has 7 rings (SSSR count). The standard InChI is InChI=1S/C31H22BrN9O5S2/c1-13-20(29(43)35-12-18-34-11-17(45-3)28(42)37-18)22-25(47-13)31(41-26(38-22)15-7-4-5-10-33-15)46-19-9-6-8-16(36-19)27-39-23-21(32)14(2)48-24(23)30(44)40-27/h4-11H,12H2,1-3H3,(H,35,43)(H,34,37,42)(H,39,40,44). The molecule has 3 N–H and O–H groups in total. The summed E-state index contributed by atoms with van der Waals surface area (Å²) in [7, 11) is 1.37. The van der Waals surface area contributed by atoms with Gasteiger partial charge >= 0.3 is 0 Å². The van der Waals surface area contributed by atoms with Crippen LogP contribution in [-0.2, 0) is 6.54 Å². The van der Waals surface area contributed by atoms with Gasteiger partial charge in [-0.15, -0.1) is 22.7 Å². The molecule has 0 atom stereocenters. The summed E-state index contributed by atoms with van der Waals surface area (Å²) in [5.74, 6) is 0.720. The number of nitrogens with zero attached hydrogens (tertiary/aromatic N) is 6. The van der Waals surface area contributed by atoms with E-state index < -0.39 is 11.5 Å². The molecule has 0 fully saturated rings. The van der Waals surface area contributed by atoms with E-state index >= 15 is 0 Å². The number of ether oxygens (including phenoxy) is 2. The smallest absolute Gasteiger partial charge is 0.293 e. The molecular formula is C31H22BrN9O5S2. The highest BCUT2D eigenvalue weighted by atomic mass is 79.9. The molecule has 0 aromatic carbocycles. The van der Waals surface area contributed by atoms with Gasteiger partial charge in [0.15, 0.2) is 11.6 Å². The molecular weight excluding hydrogens is 722 g/mol. The van der Waals surface area contributed by atoms with Gasteiger partial charge in [-0.2, -0.15) is 4.98 Å². The van der Waals surface area contributed by atoms with E-state index in [-0.39, 0.29) is 47.1 Å². The molecule has 7 aromatic rings. The van der Waals surface area contributed by atoms with Crippen LogP contribution in [0.2, 0.25) is 0 Å². The molecule has 0 saturated carbocycles. The molecule has 17 heteroatoms. The van der Waals surface area contributed by atoms with Gasteiger partial charge in [-0.3, -0.25) is 19.4 Å². The van der Waals surface area contributed by atoms with Crippen molar-refractivity contribution in [3.05, 3.63) is 95.1 Å². The number of methoxy groups -OCH3 is 1. The molecule has 0 saturated heterocycles. The van der Waals surface area contributed by atoms with Crippen molar-refractivity contribution in [2.24, 2.45) is 0 Å². The molecule has 7 heterocycles. The number of amides is 1. The van der Waals surface area contributed by atoms with Crippen LogP contribution in [0.15, 0.2) is 62.9 Å². The van der Waals surface area contributed by atoms with Gasteiger partial charge in [0.05, 0.1) is 29.9 Å². The van der Waals surface area contributed by atoms with Gasteiger partial charge in [0.2, 0.25) is 17.5 Å². The fourth-order valence-electron chi connectivity index (χ4n) is 4.81. The largest absolute Gasteiger partial charge is 0.490 e. The molecule has 0 aliphatic carbocycles. The monoisotopic (exact) mass is 743 g/mol. The summed E-state index contributed by atoms with van der Waals surface area (Å²) in [6, 6.07) is 10.4. The molecule has 0 aliphatic rings. The van der Waals surface area contributed by atoms with Crippen LogP contribution >= 0.6 is 38.6 Å². The third-order valence-corrected chi connectivity index (χ3v) is 10.5. The minimum atomic E-state index is -0.460. The van der Waals surface area contributed by atoms with Crippen LogP contribution in [0, 0.1) is 13.8 Å². The van der Waals surface area contributed by atoms with Crippen molar-refractivity contribution in [1.29, 1.82) is 0 Å². The third kappa shape index (κ3) is 5.82. The lowest BCUT2D eigenvalue weighted by Gasteiger charge is -2.09. The van der Waals surface area contributed by atoms with Crippen LogP contribution in [0.1, 0.15) is 25.9 Å². The number of H-pyrrole nitrogens is 2. The van der Waals surface area contributed by atoms with Crippen molar-refractivity contribution in [1.82, 2.24) is 45.2 Å². The van der Waals surface area contributed by atoms with E-state index in [4.69, 9.17) is 14.5 Å². The molecule has 0 unspecified atom stereocenters. The number of halogens is 1. The Balaban J connectivity index is 1.27. The quantitative estimate of drug-likeness (QED) is 0.183. The first kappa shape index (κ1) is 31.2. The fraction of sp³-hybridized carbons (Fsp3) is 0.129. The molecule has 0 spiro atoms. The zero-order valence-electron chi connectivity index (χ0n) is 25.2. The second-order valence-electron chi connectivity index (χ2n) is 10.2. The Bertz CT molecular complexity index is 2500. The van der Waals surface area contributed by atoms with E-state index in [1.165, 1.54) is 36.0 Å². The fourth-order valence-corrected chi connectivity index (χ4v) is 7.37. The van der Waals surface area contributed by atoms with E-state index in [2.05, 4.69) is 56.1 Å². The van der Waals surface area contributed by atoms with E-state index in [0.717, 1.165) is 9.35 Å². The summed E-state index contributed by atoms with van der Waals surface area (Å²) in [5, 5.41) is 2.80. The predicted octanol–water partition coefficient (Wildman–Crippen LogP) is 5.31. The number of hydrogen-bond acceptors (Lipinski definition) is 13. The highest BCUT2D eigenvalue weighted by Crippen LogP contribution is 2.38. The third-order valence-electron chi connectivity index (χ3n) is 7.07. The first-order chi connectivity index (χ1) is 23.2. The number of carbonyl (C=O) groups excluding carboxylic acids is 1. The number of hydrogen-bond donors (Lipinski definition) is 3. The van der Waals surface area contributed by atoms with Crippen LogP contribution in [0.5, 0.6) is 17.5 Å². The number of aromatic amines is 2. The molecule has 0 aliphatic heterocycles. The zero-order valence-corrected chi connectivity index (χ0v) is 28.5. The molecule has 14 nitrogen and oxygen atoms in total. The lowest BCUT2D eigenvalue weighted by atomic mass is 10.2. The first-order valence-electron chi connectivity index (χ1n) is 14.2. The van der Waals surface area contributed by atoms with Gasteiger partial charge < -0.3 is 24.8 Å². The number of aromatic nitrogens is 8. The average molecular weight is 745 g/mol. The Morgan fingerprint density at radius 1 is 0.896 bits per heavy atom. The maximum atomic E-state index is 13.6. The number of fused-ring (bicyclic) bond motifs is 2. The molecule has 1 amide bonds. The maximum Gasteiger partial charge on any atom is 0.293 e. The van der Waals surface area contributed by atoms with Gasteiger partial charge in [0, 0.05) is 22.0 Å². The predicted molar refractivity (Wildman–Crippen MR) is 184 cm³/mol. The van der Waals surface area contributed by atoms with Crippen molar-refractivity contribution in [2.75, 3.05) is 7.11 Å². The highest BCUT2D eigenvalue weighted by Gasteiger charge is 2.24. The number of pyridine rings is 2. The summed E-state index contributed by atoms with van der Waals surface area (Å²) in [6.07, 6.45) is 2.90. The summed E-state index contributed by atoms with van der Waals surface area (Å²) in [6.45, 7) is 3.66. The van der Waals surface area contributed by atoms with Crippen LogP contribution in [-0.4, -0.2) is 52.9 Å². The van der Waals surface area contributed by atoms with E-state index in [0.29, 0.717) is 42.3 Å². The number of aryl methyl sites for hydroxylation is 2. The second-order valence-corrected chi connectivity index (χ2v) is 13.5. The van der Waals surface area contributed by atoms with Crippen molar-refractivity contribution in [3.63, 3.8) is 0 Å². The number of nitrogens with one attached hydrogen (secondary N) is 3. The van der Waals surface area contributed by atoms with E-state index in [1.54, 1.807) is 49.5 Å². The Labute approximate surface area is 286 Å². The topological polar surface area (TPSA) is 191 Å². The van der Waals surface area contributed by atoms with Crippen LogP contribution < -0.4 is 25.9 Å². The van der Waals surface area contributed by atoms with Gasteiger partial charge in [0.1, 0.15) is 37.6 Å². The average Bonchev–Trinajstić information content (AvgIpc) is 3.59. The highest BCUT2D eigenvalue weighted by molar-refractivity contribution is 9.10. The van der Waals surface area contributed by atoms with Crippen LogP contribution in [0.4, 0.5) is 0 Å². The number of carbonyl (C=O) groups is 1. The summed E-state index contributed by atoms with van der Waals surface area (Å²) >= 11 is 6.17. The van der Waals surface area contributed by atoms with Crippen molar-refractivity contribution >= 4 is 64.9 Å². The summed E-state index contributed by atoms with van der Waals surface area (Å²) in [4.78, 5) is 72.7. The first-order valence-corrected chi connectivity index (χ1v) is 16.6. The van der Waals surface area contributed by atoms with Gasteiger partial charge in [0.25, 0.3) is 17.0 Å². The van der Waals surface area contributed by atoms with Crippen molar-refractivity contribution < 1.29 is 14.3 Å². The lowest BCUT2D eigenvalue weighted by Crippen LogP contribution is -2.26. The van der Waals surface area contributed by atoms with Gasteiger partial charge in [-0.1, -0.05) is 12.1 Å². The lowest BCUT2D eigenvalue weighted by molar-refractivity contribution is 0.0951. The van der Waals surface area contributed by atoms with Crippen molar-refractivity contribution in [2.45, 2.75) is 20.4 Å². The van der Waals surface area contributed by atoms with Crippen LogP contribution in [0.25, 0.3) is 43.5 Å². The minimum Gasteiger partial charge on any atom is -0.490 e. The minimum absolute atomic E-state index is 0.0451. The Kier molecular flexibility index (Phi) is 8.24. The maximum absolute atomic E-state index is 13.6. The molecule has 7 aromatic heterocycles. The van der Waals surface area contributed by atoms with Gasteiger partial charge in [-0.25, -0.2) is 19.9 Å². The molecule has 0 radical (unpaired) electrons. The second kappa shape index (κ2) is 12.7. The molecule has 0 bridgehead atoms. The number of rotatable bonds is 8. The number of thiophene rings is 2.